The molecule has 68 valence electrons. The molecule has 0 rings (SSSR count). The van der Waals surface area contributed by atoms with E-state index in [1.54, 1.807) is 22.6 Å². The number of aliphatic hydroxyl groups excluding tert-OH is 3. The van der Waals surface area contributed by atoms with E-state index in [1.165, 1.54) is 0 Å². The van der Waals surface area contributed by atoms with E-state index in [0.717, 1.165) is 0 Å². The summed E-state index contributed by atoms with van der Waals surface area (Å²) in [7, 11) is 0. The van der Waals surface area contributed by atoms with E-state index in [4.69, 9.17) is 20.4 Å². The molecular weight excluding hydrogens is 267 g/mol. The summed E-state index contributed by atoms with van der Waals surface area (Å²) in [6.45, 7) is -0.729. The highest BCUT2D eigenvalue weighted by molar-refractivity contribution is 14.1. The molecule has 0 bridgehead atoms. The number of hydrogen-bond acceptors (Lipinski definition) is 4. The zero-order valence-electron chi connectivity index (χ0n) is 5.77. The third-order valence-corrected chi connectivity index (χ3v) is 1.19. The van der Waals surface area contributed by atoms with Crippen LogP contribution >= 0.6 is 22.6 Å². The Labute approximate surface area is 77.8 Å². The Bertz CT molecular complexity index is 92.9. The van der Waals surface area contributed by atoms with Gasteiger partial charge in [0, 0.05) is 0 Å². The highest BCUT2D eigenvalue weighted by atomic mass is 127. The van der Waals surface area contributed by atoms with E-state index in [9.17, 15) is 4.79 Å². The molecule has 0 aliphatic carbocycles. The predicted octanol–water partition coefficient (Wildman–Crippen LogP) is -1.16. The quantitative estimate of drug-likeness (QED) is 0.385. The van der Waals surface area contributed by atoms with Gasteiger partial charge in [0.15, 0.2) is 0 Å². The molecule has 0 atom stereocenters. The van der Waals surface area contributed by atoms with Crippen molar-refractivity contribution in [2.24, 2.45) is 0 Å². The lowest BCUT2D eigenvalue weighted by Crippen LogP contribution is -2.15. The van der Waals surface area contributed by atoms with Gasteiger partial charge in [0.05, 0.1) is 17.6 Å². The minimum Gasteiger partial charge on any atom is -0.481 e. The number of alkyl halides is 1. The Kier molecular flexibility index (Phi) is 12.5. The largest absolute Gasteiger partial charge is 0.481 e. The first-order valence-electron chi connectivity index (χ1n) is 2.76. The number of rotatable bonds is 3. The second kappa shape index (κ2) is 10.1. The Morgan fingerprint density at radius 1 is 1.36 bits per heavy atom. The van der Waals surface area contributed by atoms with Gasteiger partial charge in [0.1, 0.15) is 6.10 Å². The average molecular weight is 278 g/mol. The molecule has 0 fully saturated rings. The monoisotopic (exact) mass is 278 g/mol. The highest BCUT2D eigenvalue weighted by Gasteiger charge is 1.93. The molecule has 0 saturated carbocycles. The first-order valence-corrected chi connectivity index (χ1v) is 4.28. The second-order valence-electron chi connectivity index (χ2n) is 1.55. The van der Waals surface area contributed by atoms with Crippen molar-refractivity contribution < 1.29 is 25.2 Å². The minimum atomic E-state index is -0.954. The van der Waals surface area contributed by atoms with Crippen molar-refractivity contribution in [2.75, 3.05) is 17.6 Å². The van der Waals surface area contributed by atoms with Crippen molar-refractivity contribution in [3.8, 4) is 0 Å². The number of halogens is 1. The van der Waals surface area contributed by atoms with E-state index in [1.807, 2.05) is 0 Å². The van der Waals surface area contributed by atoms with Gasteiger partial charge in [-0.3, -0.25) is 4.79 Å². The lowest BCUT2D eigenvalue weighted by atomic mass is 10.4. The molecule has 0 spiro atoms. The maximum atomic E-state index is 9.36. The second-order valence-corrected chi connectivity index (χ2v) is 2.31. The minimum absolute atomic E-state index is 0.192. The number of hydrogen-bond donors (Lipinski definition) is 4. The van der Waals surface area contributed by atoms with E-state index in [-0.39, 0.29) is 17.6 Å². The molecule has 5 nitrogen and oxygen atoms in total. The molecule has 6 heteroatoms. The van der Waals surface area contributed by atoms with Crippen LogP contribution in [0.15, 0.2) is 0 Å². The molecule has 0 aliphatic heterocycles. The third kappa shape index (κ3) is 17.8. The summed E-state index contributed by atoms with van der Waals surface area (Å²) in [6, 6.07) is 0. The zero-order valence-corrected chi connectivity index (χ0v) is 7.93. The molecule has 0 unspecified atom stereocenters. The number of carboxylic acid groups (broad SMARTS) is 1. The van der Waals surface area contributed by atoms with Crippen molar-refractivity contribution in [1.29, 1.82) is 0 Å². The van der Waals surface area contributed by atoms with E-state index in [2.05, 4.69) is 0 Å². The normalized spacial score (nSPS) is 8.82. The van der Waals surface area contributed by atoms with Gasteiger partial charge in [-0.25, -0.2) is 0 Å². The molecule has 4 N–H and O–H groups in total. The van der Waals surface area contributed by atoms with Crippen LogP contribution in [0.3, 0.4) is 0 Å². The molecule has 0 amide bonds. The molecule has 0 radical (unpaired) electrons. The molecule has 0 aromatic heterocycles. The van der Waals surface area contributed by atoms with E-state index >= 15 is 0 Å². The van der Waals surface area contributed by atoms with Crippen LogP contribution in [0.1, 0.15) is 0 Å². The summed E-state index contributed by atoms with van der Waals surface area (Å²) in [4.78, 5) is 9.36. The van der Waals surface area contributed by atoms with Gasteiger partial charge in [-0.2, -0.15) is 0 Å². The van der Waals surface area contributed by atoms with Gasteiger partial charge >= 0.3 is 5.97 Å². The molecule has 0 saturated heterocycles. The first kappa shape index (κ1) is 13.7. The van der Waals surface area contributed by atoms with Crippen molar-refractivity contribution in [1.82, 2.24) is 0 Å². The Hall–Kier alpha value is 0.0800. The van der Waals surface area contributed by atoms with Gasteiger partial charge in [0.2, 0.25) is 0 Å². The summed E-state index contributed by atoms with van der Waals surface area (Å²) in [5.74, 6) is -0.759. The summed E-state index contributed by atoms with van der Waals surface area (Å²) in [5.41, 5.74) is 0. The Morgan fingerprint density at radius 2 is 1.64 bits per heavy atom. The standard InChI is InChI=1S/C3H8O3.C2H3IO2/c4-1-3(6)2-5;3-1-2(4)5/h3-6H,1-2H2;1H2,(H,4,5). The van der Waals surface area contributed by atoms with Gasteiger partial charge in [-0.1, -0.05) is 22.6 Å². The number of aliphatic carboxylic acids is 1. The smallest absolute Gasteiger partial charge is 0.313 e. The van der Waals surface area contributed by atoms with Crippen LogP contribution in [0, 0.1) is 0 Å². The van der Waals surface area contributed by atoms with Gasteiger partial charge in [-0.15, -0.1) is 0 Å². The Morgan fingerprint density at radius 3 is 1.64 bits per heavy atom. The zero-order chi connectivity index (χ0) is 9.28. The first-order chi connectivity index (χ1) is 5.08. The van der Waals surface area contributed by atoms with E-state index < -0.39 is 12.1 Å². The SMILES string of the molecule is O=C(O)CI.OCC(O)CO. The maximum absolute atomic E-state index is 9.36. The molecule has 0 aromatic carbocycles. The number of aliphatic hydroxyl groups is 3. The molecule has 0 aliphatic rings. The fourth-order valence-electron chi connectivity index (χ4n) is 0.0577. The van der Waals surface area contributed by atoms with Crippen LogP contribution in [-0.4, -0.2) is 50.1 Å². The van der Waals surface area contributed by atoms with E-state index in [0.29, 0.717) is 0 Å². The lowest BCUT2D eigenvalue weighted by molar-refractivity contribution is -0.133. The summed E-state index contributed by atoms with van der Waals surface area (Å²) < 4.78 is 0.192. The summed E-state index contributed by atoms with van der Waals surface area (Å²) in [6.07, 6.45) is -0.954. The average Bonchev–Trinajstić information content (AvgIpc) is 2.04. The lowest BCUT2D eigenvalue weighted by Gasteiger charge is -1.96. The Balaban J connectivity index is 0. The van der Waals surface area contributed by atoms with Crippen LogP contribution in [0.4, 0.5) is 0 Å². The van der Waals surface area contributed by atoms with Crippen molar-refractivity contribution in [2.45, 2.75) is 6.10 Å². The van der Waals surface area contributed by atoms with Crippen molar-refractivity contribution in [3.63, 3.8) is 0 Å². The topological polar surface area (TPSA) is 98.0 Å². The van der Waals surface area contributed by atoms with Crippen LogP contribution in [-0.2, 0) is 4.79 Å². The number of carboxylic acids is 1. The van der Waals surface area contributed by atoms with Crippen molar-refractivity contribution in [3.05, 3.63) is 0 Å². The fourth-order valence-corrected chi connectivity index (χ4v) is 0.0577. The van der Waals surface area contributed by atoms with Crippen molar-refractivity contribution >= 4 is 28.6 Å². The summed E-state index contributed by atoms with van der Waals surface area (Å²) >= 11 is 1.78. The van der Waals surface area contributed by atoms with Gasteiger partial charge in [-0.05, 0) is 0 Å². The van der Waals surface area contributed by atoms with Gasteiger partial charge in [0.25, 0.3) is 0 Å². The van der Waals surface area contributed by atoms with Crippen LogP contribution in [0.5, 0.6) is 0 Å². The molecule has 0 heterocycles. The molecular formula is C5H11IO5. The predicted molar refractivity (Wildman–Crippen MR) is 46.7 cm³/mol. The van der Waals surface area contributed by atoms with Crippen LogP contribution < -0.4 is 0 Å². The van der Waals surface area contributed by atoms with Gasteiger partial charge < -0.3 is 20.4 Å². The fraction of sp³-hybridized carbons (Fsp3) is 0.800. The third-order valence-electron chi connectivity index (χ3n) is 0.536. The molecule has 11 heavy (non-hydrogen) atoms. The van der Waals surface area contributed by atoms with Crippen LogP contribution in [0.25, 0.3) is 0 Å². The molecule has 0 aromatic rings. The summed E-state index contributed by atoms with van der Waals surface area (Å²) in [5, 5.41) is 31.7. The highest BCUT2D eigenvalue weighted by Crippen LogP contribution is 1.75. The maximum Gasteiger partial charge on any atom is 0.313 e. The van der Waals surface area contributed by atoms with Crippen LogP contribution in [0.2, 0.25) is 0 Å². The number of carbonyl (C=O) groups is 1.